The van der Waals surface area contributed by atoms with Crippen molar-refractivity contribution in [1.29, 1.82) is 0 Å². The maximum absolute atomic E-state index is 13.2. The number of aromatic nitrogens is 1. The van der Waals surface area contributed by atoms with Crippen LogP contribution in [0.3, 0.4) is 0 Å². The zero-order chi connectivity index (χ0) is 20.1. The van der Waals surface area contributed by atoms with Crippen molar-refractivity contribution < 1.29 is 4.79 Å². The predicted molar refractivity (Wildman–Crippen MR) is 116 cm³/mol. The van der Waals surface area contributed by atoms with E-state index in [1.807, 2.05) is 0 Å². The van der Waals surface area contributed by atoms with Crippen LogP contribution in [-0.4, -0.2) is 21.4 Å². The first-order chi connectivity index (χ1) is 13.3. The van der Waals surface area contributed by atoms with E-state index in [4.69, 9.17) is 0 Å². The molecule has 0 spiro atoms. The molecule has 1 aliphatic carbocycles. The molecule has 0 aliphatic heterocycles. The molecule has 0 radical (unpaired) electrons. The molecule has 1 aliphatic rings. The zero-order valence-electron chi connectivity index (χ0n) is 18.1. The molecule has 152 valence electrons. The van der Waals surface area contributed by atoms with Crippen LogP contribution in [0.4, 0.5) is 0 Å². The fraction of sp³-hybridized carbons (Fsp3) is 0.560. The first-order valence-corrected chi connectivity index (χ1v) is 10.8. The van der Waals surface area contributed by atoms with Crippen LogP contribution in [0.5, 0.6) is 0 Å². The minimum atomic E-state index is 0.0214. The maximum Gasteiger partial charge on any atom is 0.223 e. The lowest BCUT2D eigenvalue weighted by Gasteiger charge is -2.36. The van der Waals surface area contributed by atoms with E-state index in [1.165, 1.54) is 36.1 Å². The van der Waals surface area contributed by atoms with Crippen LogP contribution in [0.15, 0.2) is 42.6 Å². The Morgan fingerprint density at radius 3 is 2.54 bits per heavy atom. The van der Waals surface area contributed by atoms with Gasteiger partial charge in [0.25, 0.3) is 0 Å². The number of carbonyl (C=O) groups excluding carboxylic acids is 1. The summed E-state index contributed by atoms with van der Waals surface area (Å²) in [5.74, 6) is 0.308. The minimum Gasteiger partial charge on any atom is -0.345 e. The quantitative estimate of drug-likeness (QED) is 0.608. The molecule has 0 atom stereocenters. The van der Waals surface area contributed by atoms with Crippen molar-refractivity contribution in [1.82, 2.24) is 9.47 Å². The second-order valence-electron chi connectivity index (χ2n) is 9.67. The molecular weight excluding hydrogens is 344 g/mol. The Hall–Kier alpha value is -2.03. The number of hydrogen-bond acceptors (Lipinski definition) is 1. The summed E-state index contributed by atoms with van der Waals surface area (Å²) in [4.78, 5) is 15.4. The van der Waals surface area contributed by atoms with Crippen LogP contribution in [0.25, 0.3) is 0 Å². The smallest absolute Gasteiger partial charge is 0.223 e. The highest BCUT2D eigenvalue weighted by molar-refractivity contribution is 5.77. The van der Waals surface area contributed by atoms with Crippen LogP contribution in [0, 0.1) is 12.3 Å². The van der Waals surface area contributed by atoms with Gasteiger partial charge < -0.3 is 9.47 Å². The first kappa shape index (κ1) is 20.7. The van der Waals surface area contributed by atoms with Crippen molar-refractivity contribution in [2.75, 3.05) is 0 Å². The number of aryl methyl sites for hydroxylation is 1. The molecule has 3 heteroatoms. The van der Waals surface area contributed by atoms with E-state index in [2.05, 4.69) is 79.8 Å². The van der Waals surface area contributed by atoms with Crippen molar-refractivity contribution in [2.24, 2.45) is 5.41 Å². The van der Waals surface area contributed by atoms with Gasteiger partial charge in [0.1, 0.15) is 0 Å². The van der Waals surface area contributed by atoms with Gasteiger partial charge in [-0.3, -0.25) is 4.79 Å². The van der Waals surface area contributed by atoms with E-state index >= 15 is 0 Å². The molecule has 1 amide bonds. The van der Waals surface area contributed by atoms with Crippen molar-refractivity contribution in [3.05, 3.63) is 59.4 Å². The summed E-state index contributed by atoms with van der Waals surface area (Å²) in [5.41, 5.74) is 3.85. The van der Waals surface area contributed by atoms with E-state index in [0.29, 0.717) is 18.4 Å². The Labute approximate surface area is 170 Å². The van der Waals surface area contributed by atoms with E-state index in [-0.39, 0.29) is 5.41 Å². The van der Waals surface area contributed by atoms with Crippen molar-refractivity contribution >= 4 is 5.91 Å². The molecule has 1 saturated carbocycles. The highest BCUT2D eigenvalue weighted by atomic mass is 16.2. The third-order valence-corrected chi connectivity index (χ3v) is 5.71. The van der Waals surface area contributed by atoms with Gasteiger partial charge in [-0.05, 0) is 42.9 Å². The number of rotatable bonds is 6. The SMILES string of the molecule is Cc1cccc(Cn2cccc2CN(C(=O)CC(C)(C)C)C2CCCCC2)c1. The van der Waals surface area contributed by atoms with E-state index in [1.54, 1.807) is 0 Å². The van der Waals surface area contributed by atoms with Gasteiger partial charge in [-0.15, -0.1) is 0 Å². The van der Waals surface area contributed by atoms with Crippen molar-refractivity contribution in [3.63, 3.8) is 0 Å². The monoisotopic (exact) mass is 380 g/mol. The predicted octanol–water partition coefficient (Wildman–Crippen LogP) is 5.94. The lowest BCUT2D eigenvalue weighted by Crippen LogP contribution is -2.42. The van der Waals surface area contributed by atoms with Gasteiger partial charge in [0.15, 0.2) is 0 Å². The molecule has 28 heavy (non-hydrogen) atoms. The second kappa shape index (κ2) is 8.98. The fourth-order valence-electron chi connectivity index (χ4n) is 4.30. The summed E-state index contributed by atoms with van der Waals surface area (Å²) < 4.78 is 2.30. The third-order valence-electron chi connectivity index (χ3n) is 5.71. The number of nitrogens with zero attached hydrogens (tertiary/aromatic N) is 2. The molecule has 3 nitrogen and oxygen atoms in total. The van der Waals surface area contributed by atoms with Gasteiger partial charge in [-0.25, -0.2) is 0 Å². The fourth-order valence-corrected chi connectivity index (χ4v) is 4.30. The summed E-state index contributed by atoms with van der Waals surface area (Å²) in [6, 6.07) is 13.4. The number of hydrogen-bond donors (Lipinski definition) is 0. The number of amides is 1. The molecule has 0 N–H and O–H groups in total. The molecule has 0 unspecified atom stereocenters. The van der Waals surface area contributed by atoms with Crippen LogP contribution in [-0.2, 0) is 17.9 Å². The molecule has 0 bridgehead atoms. The molecule has 0 saturated heterocycles. The van der Waals surface area contributed by atoms with Crippen molar-refractivity contribution in [2.45, 2.75) is 85.4 Å². The van der Waals surface area contributed by atoms with Gasteiger partial charge in [-0.2, -0.15) is 0 Å². The Bertz CT molecular complexity index is 778. The lowest BCUT2D eigenvalue weighted by atomic mass is 9.89. The average molecular weight is 381 g/mol. The van der Waals surface area contributed by atoms with Crippen LogP contribution in [0.2, 0.25) is 0 Å². The summed E-state index contributed by atoms with van der Waals surface area (Å²) in [7, 11) is 0. The molecule has 2 aromatic rings. The Kier molecular flexibility index (Phi) is 6.64. The van der Waals surface area contributed by atoms with Crippen LogP contribution >= 0.6 is 0 Å². The molecule has 1 aromatic carbocycles. The molecule has 3 rings (SSSR count). The first-order valence-electron chi connectivity index (χ1n) is 10.8. The van der Waals surface area contributed by atoms with Crippen LogP contribution < -0.4 is 0 Å². The second-order valence-corrected chi connectivity index (χ2v) is 9.67. The normalized spacial score (nSPS) is 15.6. The zero-order valence-corrected chi connectivity index (χ0v) is 18.1. The standard InChI is InChI=1S/C25H36N2O/c1-20-10-8-11-21(16-20)18-26-15-9-14-23(26)19-27(22-12-6-5-7-13-22)24(28)17-25(2,3)4/h8-11,14-16,22H,5-7,12-13,17-19H2,1-4H3. The molecule has 1 aromatic heterocycles. The third kappa shape index (κ3) is 5.73. The van der Waals surface area contributed by atoms with Crippen LogP contribution in [0.1, 0.15) is 76.1 Å². The van der Waals surface area contributed by atoms with Gasteiger partial charge >= 0.3 is 0 Å². The summed E-state index contributed by atoms with van der Waals surface area (Å²) in [5, 5.41) is 0. The topological polar surface area (TPSA) is 25.2 Å². The van der Waals surface area contributed by atoms with Gasteiger partial charge in [0.05, 0.1) is 6.54 Å². The molecule has 1 fully saturated rings. The Morgan fingerprint density at radius 1 is 1.11 bits per heavy atom. The van der Waals surface area contributed by atoms with Gasteiger partial charge in [-0.1, -0.05) is 69.9 Å². The van der Waals surface area contributed by atoms with Gasteiger partial charge in [0, 0.05) is 30.9 Å². The number of carbonyl (C=O) groups is 1. The Morgan fingerprint density at radius 2 is 1.86 bits per heavy atom. The average Bonchev–Trinajstić information content (AvgIpc) is 3.05. The summed E-state index contributed by atoms with van der Waals surface area (Å²) in [6.07, 6.45) is 8.85. The van der Waals surface area contributed by atoms with Crippen molar-refractivity contribution in [3.8, 4) is 0 Å². The minimum absolute atomic E-state index is 0.0214. The lowest BCUT2D eigenvalue weighted by molar-refractivity contribution is -0.137. The molecule has 1 heterocycles. The highest BCUT2D eigenvalue weighted by Crippen LogP contribution is 2.28. The largest absolute Gasteiger partial charge is 0.345 e. The summed E-state index contributed by atoms with van der Waals surface area (Å²) in [6.45, 7) is 10.2. The van der Waals surface area contributed by atoms with E-state index in [9.17, 15) is 4.79 Å². The van der Waals surface area contributed by atoms with E-state index < -0.39 is 0 Å². The Balaban J connectivity index is 1.78. The maximum atomic E-state index is 13.2. The van der Waals surface area contributed by atoms with Gasteiger partial charge in [0.2, 0.25) is 5.91 Å². The van der Waals surface area contributed by atoms with E-state index in [0.717, 1.165) is 25.9 Å². The molecular formula is C25H36N2O. The number of benzene rings is 1. The highest BCUT2D eigenvalue weighted by Gasteiger charge is 2.28. The summed E-state index contributed by atoms with van der Waals surface area (Å²) >= 11 is 0.